The number of nitrogens with zero attached hydrogens (tertiary/aromatic N) is 1. The Morgan fingerprint density at radius 1 is 0.867 bits per heavy atom. The fraction of sp³-hybridized carbons (Fsp3) is 0.455. The number of para-hydroxylation sites is 1. The molecule has 6 nitrogen and oxygen atoms in total. The standard InChI is InChI=1S/C22H27NO5S2/c24-22-16-29(25,26)15-21(22)23(19-9-5-2-6-10-19)30(27,28)20-13-11-18(12-14-20)17-7-3-1-4-8-17/h2,5-6,9-14,17,21-22,24H,1,3-4,7-8,15-16H2/t21-,22+/m1/s1. The second-order valence-corrected chi connectivity index (χ2v) is 12.2. The van der Waals surface area contributed by atoms with Crippen LogP contribution in [0, 0.1) is 0 Å². The topological polar surface area (TPSA) is 91.8 Å². The normalized spacial score (nSPS) is 24.6. The van der Waals surface area contributed by atoms with Gasteiger partial charge in [0.05, 0.1) is 34.2 Å². The maximum Gasteiger partial charge on any atom is 0.264 e. The van der Waals surface area contributed by atoms with E-state index in [0.29, 0.717) is 11.6 Å². The molecular formula is C22H27NO5S2. The van der Waals surface area contributed by atoms with Crippen LogP contribution >= 0.6 is 0 Å². The summed E-state index contributed by atoms with van der Waals surface area (Å²) < 4.78 is 52.4. The Bertz CT molecular complexity index is 1080. The van der Waals surface area contributed by atoms with E-state index in [4.69, 9.17) is 0 Å². The van der Waals surface area contributed by atoms with Crippen molar-refractivity contribution in [3.63, 3.8) is 0 Å². The van der Waals surface area contributed by atoms with E-state index in [0.717, 1.165) is 22.7 Å². The van der Waals surface area contributed by atoms with E-state index >= 15 is 0 Å². The summed E-state index contributed by atoms with van der Waals surface area (Å²) in [5.41, 5.74) is 1.48. The van der Waals surface area contributed by atoms with E-state index in [-0.39, 0.29) is 4.90 Å². The molecule has 1 saturated heterocycles. The first-order valence-corrected chi connectivity index (χ1v) is 13.6. The fourth-order valence-corrected chi connectivity index (χ4v) is 8.12. The number of benzene rings is 2. The molecule has 30 heavy (non-hydrogen) atoms. The van der Waals surface area contributed by atoms with Crippen LogP contribution in [-0.2, 0) is 19.9 Å². The Kier molecular flexibility index (Phi) is 5.92. The van der Waals surface area contributed by atoms with Gasteiger partial charge in [-0.2, -0.15) is 0 Å². The summed E-state index contributed by atoms with van der Waals surface area (Å²) in [4.78, 5) is 0.0995. The molecule has 1 aliphatic carbocycles. The zero-order valence-electron chi connectivity index (χ0n) is 16.7. The molecule has 2 aliphatic rings. The summed E-state index contributed by atoms with van der Waals surface area (Å²) >= 11 is 0. The number of hydrogen-bond acceptors (Lipinski definition) is 5. The predicted molar refractivity (Wildman–Crippen MR) is 117 cm³/mol. The second-order valence-electron chi connectivity index (χ2n) is 8.25. The summed E-state index contributed by atoms with van der Waals surface area (Å²) in [6.07, 6.45) is 4.61. The average Bonchev–Trinajstić information content (AvgIpc) is 3.01. The Balaban J connectivity index is 1.71. The molecule has 1 saturated carbocycles. The van der Waals surface area contributed by atoms with E-state index in [1.165, 1.54) is 19.3 Å². The Hall–Kier alpha value is -1.90. The van der Waals surface area contributed by atoms with Crippen molar-refractivity contribution >= 4 is 25.5 Å². The predicted octanol–water partition coefficient (Wildman–Crippen LogP) is 3.09. The zero-order valence-corrected chi connectivity index (χ0v) is 18.4. The van der Waals surface area contributed by atoms with Crippen molar-refractivity contribution in [2.24, 2.45) is 0 Å². The van der Waals surface area contributed by atoms with Crippen LogP contribution in [0.2, 0.25) is 0 Å². The van der Waals surface area contributed by atoms with E-state index in [2.05, 4.69) is 0 Å². The van der Waals surface area contributed by atoms with Crippen LogP contribution in [0.1, 0.15) is 43.6 Å². The lowest BCUT2D eigenvalue weighted by atomic mass is 9.84. The first-order chi connectivity index (χ1) is 14.3. The van der Waals surface area contributed by atoms with Gasteiger partial charge in [-0.1, -0.05) is 49.6 Å². The van der Waals surface area contributed by atoms with Crippen LogP contribution in [0.5, 0.6) is 0 Å². The molecule has 0 spiro atoms. The third-order valence-corrected chi connectivity index (χ3v) is 9.69. The van der Waals surface area contributed by atoms with Crippen molar-refractivity contribution in [1.82, 2.24) is 0 Å². The van der Waals surface area contributed by atoms with Crippen LogP contribution in [0.4, 0.5) is 5.69 Å². The number of sulfonamides is 1. The van der Waals surface area contributed by atoms with Gasteiger partial charge >= 0.3 is 0 Å². The number of sulfone groups is 1. The molecule has 1 aliphatic heterocycles. The third kappa shape index (κ3) is 4.26. The van der Waals surface area contributed by atoms with Gasteiger partial charge in [-0.15, -0.1) is 0 Å². The minimum absolute atomic E-state index is 0.0995. The Morgan fingerprint density at radius 3 is 2.07 bits per heavy atom. The van der Waals surface area contributed by atoms with Crippen LogP contribution in [0.15, 0.2) is 59.5 Å². The quantitative estimate of drug-likeness (QED) is 0.757. The van der Waals surface area contributed by atoms with Gasteiger partial charge in [-0.3, -0.25) is 4.31 Å². The highest BCUT2D eigenvalue weighted by atomic mass is 32.2. The highest BCUT2D eigenvalue weighted by molar-refractivity contribution is 7.93. The SMILES string of the molecule is O=S1(=O)C[C@@H](N(c2ccccc2)S(=O)(=O)c2ccc(C3CCCCC3)cc2)[C@@H](O)C1. The largest absolute Gasteiger partial charge is 0.390 e. The molecule has 0 aromatic heterocycles. The van der Waals surface area contributed by atoms with Gasteiger partial charge in [-0.25, -0.2) is 16.8 Å². The van der Waals surface area contributed by atoms with Crippen LogP contribution in [-0.4, -0.2) is 45.6 Å². The number of aliphatic hydroxyl groups excluding tert-OH is 1. The van der Waals surface area contributed by atoms with E-state index in [9.17, 15) is 21.9 Å². The fourth-order valence-electron chi connectivity index (χ4n) is 4.58. The molecule has 1 N–H and O–H groups in total. The zero-order chi connectivity index (χ0) is 21.4. The van der Waals surface area contributed by atoms with Crippen LogP contribution < -0.4 is 4.31 Å². The highest BCUT2D eigenvalue weighted by Gasteiger charge is 2.45. The van der Waals surface area contributed by atoms with Crippen molar-refractivity contribution in [2.75, 3.05) is 15.8 Å². The summed E-state index contributed by atoms with van der Waals surface area (Å²) in [6, 6.07) is 14.3. The summed E-state index contributed by atoms with van der Waals surface area (Å²) in [5.74, 6) is -0.373. The molecule has 0 radical (unpaired) electrons. The molecule has 1 heterocycles. The van der Waals surface area contributed by atoms with Crippen LogP contribution in [0.25, 0.3) is 0 Å². The molecule has 162 valence electrons. The molecule has 8 heteroatoms. The summed E-state index contributed by atoms with van der Waals surface area (Å²) in [5, 5.41) is 10.4. The molecule has 2 atom stereocenters. The van der Waals surface area contributed by atoms with Gasteiger partial charge in [-0.05, 0) is 48.6 Å². The van der Waals surface area contributed by atoms with E-state index in [1.807, 2.05) is 12.1 Å². The summed E-state index contributed by atoms with van der Waals surface area (Å²) in [7, 11) is -7.58. The molecule has 2 aromatic rings. The smallest absolute Gasteiger partial charge is 0.264 e. The average molecular weight is 450 g/mol. The van der Waals surface area contributed by atoms with Gasteiger partial charge in [0, 0.05) is 0 Å². The Labute approximate surface area is 178 Å². The lowest BCUT2D eigenvalue weighted by Gasteiger charge is -2.31. The highest BCUT2D eigenvalue weighted by Crippen LogP contribution is 2.35. The lowest BCUT2D eigenvalue weighted by molar-refractivity contribution is 0.184. The number of anilines is 1. The monoisotopic (exact) mass is 449 g/mol. The third-order valence-electron chi connectivity index (χ3n) is 6.12. The Morgan fingerprint density at radius 2 is 1.50 bits per heavy atom. The van der Waals surface area contributed by atoms with Gasteiger partial charge in [0.2, 0.25) is 0 Å². The minimum atomic E-state index is -4.06. The molecular weight excluding hydrogens is 422 g/mol. The van der Waals surface area contributed by atoms with Crippen molar-refractivity contribution in [1.29, 1.82) is 0 Å². The maximum atomic E-state index is 13.6. The van der Waals surface area contributed by atoms with Crippen molar-refractivity contribution in [2.45, 2.75) is 55.1 Å². The molecule has 0 bridgehead atoms. The molecule has 0 unspecified atom stereocenters. The first-order valence-electron chi connectivity index (χ1n) is 10.4. The maximum absolute atomic E-state index is 13.6. The van der Waals surface area contributed by atoms with Crippen molar-refractivity contribution < 1.29 is 21.9 Å². The number of aliphatic hydroxyl groups is 1. The molecule has 2 fully saturated rings. The molecule has 2 aromatic carbocycles. The molecule has 4 rings (SSSR count). The van der Waals surface area contributed by atoms with Gasteiger partial charge in [0.15, 0.2) is 9.84 Å². The van der Waals surface area contributed by atoms with Gasteiger partial charge < -0.3 is 5.11 Å². The number of hydrogen-bond donors (Lipinski definition) is 1. The van der Waals surface area contributed by atoms with Crippen LogP contribution in [0.3, 0.4) is 0 Å². The van der Waals surface area contributed by atoms with Gasteiger partial charge in [0.1, 0.15) is 0 Å². The second kappa shape index (κ2) is 8.32. The van der Waals surface area contributed by atoms with Crippen molar-refractivity contribution in [3.05, 3.63) is 60.2 Å². The van der Waals surface area contributed by atoms with Crippen molar-refractivity contribution in [3.8, 4) is 0 Å². The lowest BCUT2D eigenvalue weighted by Crippen LogP contribution is -2.47. The van der Waals surface area contributed by atoms with E-state index < -0.39 is 43.5 Å². The minimum Gasteiger partial charge on any atom is -0.390 e. The number of rotatable bonds is 5. The van der Waals surface area contributed by atoms with Gasteiger partial charge in [0.25, 0.3) is 10.0 Å². The van der Waals surface area contributed by atoms with E-state index in [1.54, 1.807) is 42.5 Å². The first kappa shape index (κ1) is 21.3. The molecule has 0 amide bonds. The summed E-state index contributed by atoms with van der Waals surface area (Å²) in [6.45, 7) is 0.